The Labute approximate surface area is 285 Å². The van der Waals surface area contributed by atoms with Crippen LogP contribution in [0.3, 0.4) is 0 Å². The van der Waals surface area contributed by atoms with E-state index in [1.165, 1.54) is 57.8 Å². The smallest absolute Gasteiger partial charge is 0 e. The topological polar surface area (TPSA) is 21.9 Å². The van der Waals surface area contributed by atoms with Crippen LogP contribution in [0.2, 0.25) is 0 Å². The summed E-state index contributed by atoms with van der Waals surface area (Å²) in [5, 5.41) is 4.37. The summed E-state index contributed by atoms with van der Waals surface area (Å²) in [5.74, 6) is 4.47. The molecule has 0 bridgehead atoms. The Morgan fingerprint density at radius 3 is 1.84 bits per heavy atom. The molecule has 1 spiro atoms. The minimum absolute atomic E-state index is 0. The molecule has 1 N–H and O–H groups in total. The van der Waals surface area contributed by atoms with Crippen molar-refractivity contribution in [1.82, 2.24) is 5.32 Å². The Balaban J connectivity index is 0.000000630. The van der Waals surface area contributed by atoms with E-state index >= 15 is 0 Å². The van der Waals surface area contributed by atoms with E-state index in [9.17, 15) is 0 Å². The Morgan fingerprint density at radius 2 is 1.24 bits per heavy atom. The quantitative estimate of drug-likeness (QED) is 0.190. The fraction of sp³-hybridized carbons (Fsp3) is 1.00. The van der Waals surface area contributed by atoms with E-state index in [1.807, 2.05) is 0 Å². The van der Waals surface area contributed by atoms with Gasteiger partial charge in [-0.1, -0.05) is 69.2 Å². The van der Waals surface area contributed by atoms with Gasteiger partial charge in [-0.3, -0.25) is 0 Å². The summed E-state index contributed by atoms with van der Waals surface area (Å²) in [7, 11) is 0. The molecule has 1 nitrogen and oxygen atoms in total. The molecular weight excluding hydrogens is 881 g/mol. The van der Waals surface area contributed by atoms with E-state index < -0.39 is 0 Å². The van der Waals surface area contributed by atoms with Gasteiger partial charge in [0.05, 0.1) is 0 Å². The van der Waals surface area contributed by atoms with Crippen LogP contribution in [-0.4, -0.2) is 11.6 Å². The zero-order valence-corrected chi connectivity index (χ0v) is 35.1. The van der Waals surface area contributed by atoms with E-state index in [2.05, 4.69) is 134 Å². The van der Waals surface area contributed by atoms with Gasteiger partial charge in [-0.05, 0) is 120 Å². The Kier molecular flexibility index (Phi) is 9.63. The van der Waals surface area contributed by atoms with Crippen molar-refractivity contribution in [1.29, 1.82) is 0 Å². The van der Waals surface area contributed by atoms with Gasteiger partial charge in [-0.25, -0.2) is 0 Å². The first-order valence-electron chi connectivity index (χ1n) is 15.3. The van der Waals surface area contributed by atoms with E-state index in [-0.39, 0.29) is 23.5 Å². The molecule has 5 aliphatic carbocycles. The molecule has 6 heteroatoms. The number of rotatable bonds is 0. The fourth-order valence-corrected chi connectivity index (χ4v) is 12.9. The van der Waals surface area contributed by atoms with Gasteiger partial charge in [-0.15, -0.1) is 0 Å². The third-order valence-corrected chi connectivity index (χ3v) is 14.9. The van der Waals surface area contributed by atoms with Crippen LogP contribution in [0.1, 0.15) is 127 Å². The second-order valence-corrected chi connectivity index (χ2v) is 52.8. The van der Waals surface area contributed by atoms with Crippen LogP contribution in [0.25, 0.3) is 0 Å². The maximum atomic E-state index is 4.37. The second-order valence-electron chi connectivity index (χ2n) is 17.5. The first-order chi connectivity index (χ1) is 16.8. The first kappa shape index (κ1) is 34.2. The maximum Gasteiger partial charge on any atom is 0 e. The first-order valence-corrected chi connectivity index (χ1v) is 28.8. The van der Waals surface area contributed by atoms with Gasteiger partial charge in [0, 0.05) is 30.1 Å². The van der Waals surface area contributed by atoms with Gasteiger partial charge in [0.1, 0.15) is 0 Å². The number of hydrogen-bond acceptors (Lipinski definition) is 1. The minimum atomic E-state index is -0.278. The molecule has 10 atom stereocenters. The molecular formula is C32H55I3NV2. The standard InChI is InChI=1S/C32H55N.3HI.2V/c1-20-11-14-29(8)21(28(20,6)7)12-15-30(9)22-13-16-31(10)24(18-26(2,3)19-27(31,4)5)32(22)25(33-32)17-23(29)30;;;;;/h20-25,33H,11-19H2,1-10H3;3*1H;;/q;;;;;+3/p-3. The fourth-order valence-electron chi connectivity index (χ4n) is 12.9. The second kappa shape index (κ2) is 10.7. The molecule has 219 valence electrons. The van der Waals surface area contributed by atoms with Crippen LogP contribution < -0.4 is 5.32 Å². The molecule has 1 aliphatic heterocycles. The maximum absolute atomic E-state index is 4.37. The molecule has 5 saturated carbocycles. The third-order valence-electron chi connectivity index (χ3n) is 14.9. The van der Waals surface area contributed by atoms with Gasteiger partial charge in [0.25, 0.3) is 0 Å². The summed E-state index contributed by atoms with van der Waals surface area (Å²) >= 11 is 7.39. The molecule has 1 heterocycles. The zero-order valence-electron chi connectivity index (χ0n) is 25.9. The Bertz CT molecular complexity index is 920. The molecule has 6 rings (SSSR count). The SMILES string of the molecule is CC1CCC2(C)C(CCC3(C)C2CC2NC24C3CCC2(C)C4CC(C)(C)CC2(C)C)C1(C)C.[I][V]([I])[I].[V]. The molecule has 6 fully saturated rings. The zero-order chi connectivity index (χ0) is 27.6. The van der Waals surface area contributed by atoms with E-state index in [1.54, 1.807) is 0 Å². The Morgan fingerprint density at radius 1 is 0.711 bits per heavy atom. The van der Waals surface area contributed by atoms with Gasteiger partial charge >= 0.3 is 64.9 Å². The molecule has 38 heavy (non-hydrogen) atoms. The predicted molar refractivity (Wildman–Crippen MR) is 182 cm³/mol. The van der Waals surface area contributed by atoms with Crippen molar-refractivity contribution >= 4 is 59.9 Å². The summed E-state index contributed by atoms with van der Waals surface area (Å²) < 4.78 is 0. The summed E-state index contributed by atoms with van der Waals surface area (Å²) in [6, 6.07) is 0.799. The number of hydrogen-bond donors (Lipinski definition) is 1. The molecule has 1 radical (unpaired) electrons. The average molecular weight is 936 g/mol. The predicted octanol–water partition coefficient (Wildman–Crippen LogP) is 11.1. The normalized spacial score (nSPS) is 52.9. The summed E-state index contributed by atoms with van der Waals surface area (Å²) in [6.07, 6.45) is 13.2. The van der Waals surface area contributed by atoms with Gasteiger partial charge in [0.15, 0.2) is 0 Å². The van der Waals surface area contributed by atoms with Crippen molar-refractivity contribution in [2.75, 3.05) is 0 Å². The average Bonchev–Trinajstić information content (AvgIpc) is 3.44. The summed E-state index contributed by atoms with van der Waals surface area (Å²) in [4.78, 5) is -0.278. The van der Waals surface area contributed by atoms with E-state index in [4.69, 9.17) is 0 Å². The number of fused-ring (bicyclic) bond motifs is 5. The third kappa shape index (κ3) is 4.92. The molecule has 6 aliphatic rings. The summed E-state index contributed by atoms with van der Waals surface area (Å²) in [5.41, 5.74) is 3.45. The van der Waals surface area contributed by atoms with Crippen LogP contribution in [0.15, 0.2) is 0 Å². The van der Waals surface area contributed by atoms with Crippen molar-refractivity contribution in [2.24, 2.45) is 62.1 Å². The number of nitrogens with one attached hydrogen (secondary N) is 1. The van der Waals surface area contributed by atoms with Crippen LogP contribution in [0.5, 0.6) is 0 Å². The van der Waals surface area contributed by atoms with E-state index in [0.717, 1.165) is 35.6 Å². The molecule has 0 aromatic carbocycles. The Hall–Kier alpha value is 3.32. The van der Waals surface area contributed by atoms with Gasteiger partial charge < -0.3 is 5.32 Å². The van der Waals surface area contributed by atoms with Crippen molar-refractivity contribution < 1.29 is 23.5 Å². The monoisotopic (exact) mass is 936 g/mol. The van der Waals surface area contributed by atoms with Crippen LogP contribution in [-0.2, 0) is 23.5 Å². The van der Waals surface area contributed by atoms with Gasteiger partial charge in [0.2, 0.25) is 0 Å². The van der Waals surface area contributed by atoms with Gasteiger partial charge in [-0.2, -0.15) is 0 Å². The molecule has 0 aromatic rings. The summed E-state index contributed by atoms with van der Waals surface area (Å²) in [6.45, 7) is 26.5. The molecule has 1 saturated heterocycles. The molecule has 10 unspecified atom stereocenters. The van der Waals surface area contributed by atoms with Crippen molar-refractivity contribution in [3.05, 3.63) is 0 Å². The minimum Gasteiger partial charge on any atom is 0 e. The van der Waals surface area contributed by atoms with Crippen LogP contribution >= 0.6 is 59.9 Å². The van der Waals surface area contributed by atoms with Crippen molar-refractivity contribution in [2.45, 2.75) is 139 Å². The molecule has 0 aromatic heterocycles. The largest absolute Gasteiger partial charge is 0 e. The molecule has 0 amide bonds. The number of halogens is 3. The van der Waals surface area contributed by atoms with E-state index in [0.29, 0.717) is 38.0 Å². The van der Waals surface area contributed by atoms with Crippen LogP contribution in [0, 0.1) is 62.1 Å². The van der Waals surface area contributed by atoms with Crippen LogP contribution in [0.4, 0.5) is 0 Å². The van der Waals surface area contributed by atoms with Crippen molar-refractivity contribution in [3.8, 4) is 0 Å². The van der Waals surface area contributed by atoms with Crippen molar-refractivity contribution in [3.63, 3.8) is 0 Å².